The summed E-state index contributed by atoms with van der Waals surface area (Å²) in [5.41, 5.74) is 13.5. The van der Waals surface area contributed by atoms with Crippen molar-refractivity contribution < 1.29 is 0 Å². The molecule has 9 aromatic carbocycles. The summed E-state index contributed by atoms with van der Waals surface area (Å²) < 4.78 is 1.28. The first-order valence-corrected chi connectivity index (χ1v) is 35.4. The number of hydrogen-bond acceptors (Lipinski definition) is 18. The van der Waals surface area contributed by atoms with Gasteiger partial charge in [0, 0.05) is 89.8 Å². The first kappa shape index (κ1) is 76.7. The maximum atomic E-state index is 4.66. The van der Waals surface area contributed by atoms with Crippen molar-refractivity contribution in [3.05, 3.63) is 358 Å². The van der Waals surface area contributed by atoms with Gasteiger partial charge in [-0.15, -0.1) is 11.3 Å². The molecule has 0 radical (unpaired) electrons. The minimum atomic E-state index is 0.715. The molecule has 8 heterocycles. The lowest BCUT2D eigenvalue weighted by atomic mass is 10.0. The molecule has 0 aliphatic rings. The van der Waals surface area contributed by atoms with Crippen LogP contribution in [0.1, 0.15) is 56.4 Å². The second kappa shape index (κ2) is 42.1. The van der Waals surface area contributed by atoms with Crippen molar-refractivity contribution in [2.45, 2.75) is 62.3 Å². The Kier molecular flexibility index (Phi) is 30.5. The van der Waals surface area contributed by atoms with E-state index in [4.69, 9.17) is 0 Å². The number of fused-ring (bicyclic) bond motifs is 3. The van der Waals surface area contributed by atoms with Crippen molar-refractivity contribution in [1.29, 1.82) is 0 Å². The topological polar surface area (TPSA) is 219 Å². The monoisotopic (exact) mass is 1410 g/mol. The molecule has 17 aromatic rings. The molecule has 0 unspecified atom stereocenters. The van der Waals surface area contributed by atoms with Crippen molar-refractivity contribution in [3.63, 3.8) is 0 Å². The molecule has 0 spiro atoms. The highest BCUT2D eigenvalue weighted by Crippen LogP contribution is 2.32. The van der Waals surface area contributed by atoms with Crippen molar-refractivity contribution in [2.75, 3.05) is 0 Å². The summed E-state index contributed by atoms with van der Waals surface area (Å²) in [6.07, 6.45) is 12.9. The van der Waals surface area contributed by atoms with Gasteiger partial charge in [-0.05, 0) is 52.8 Å². The van der Waals surface area contributed by atoms with E-state index in [1.807, 2.05) is 286 Å². The Balaban J connectivity index is 0.000000146. The fourth-order valence-electron chi connectivity index (χ4n) is 10.1. The van der Waals surface area contributed by atoms with Crippen LogP contribution in [0.3, 0.4) is 0 Å². The third-order valence-corrected chi connectivity index (χ3v) is 16.0. The summed E-state index contributed by atoms with van der Waals surface area (Å²) in [5.74, 6) is 5.85. The van der Waals surface area contributed by atoms with Crippen LogP contribution in [0.2, 0.25) is 0 Å². The largest absolute Gasteiger partial charge is 0.245 e. The molecule has 0 atom stereocenters. The number of rotatable bonds is 8. The summed E-state index contributed by atoms with van der Waals surface area (Å²) >= 11 is 1.71. The number of nitrogens with zero attached hydrogens (tertiary/aromatic N) is 17. The van der Waals surface area contributed by atoms with Crippen LogP contribution in [-0.2, 0) is 0 Å². The minimum Gasteiger partial charge on any atom is -0.245 e. The lowest BCUT2D eigenvalue weighted by Gasteiger charge is -2.09. The zero-order valence-corrected chi connectivity index (χ0v) is 61.5. The average Bonchev–Trinajstić information content (AvgIpc) is 1.76. The van der Waals surface area contributed by atoms with E-state index in [-0.39, 0.29) is 0 Å². The van der Waals surface area contributed by atoms with Crippen LogP contribution in [-0.4, -0.2) is 84.7 Å². The average molecular weight is 1410 g/mol. The Morgan fingerprint density at radius 2 is 0.604 bits per heavy atom. The Morgan fingerprint density at radius 3 is 0.962 bits per heavy atom. The Morgan fingerprint density at radius 1 is 0.255 bits per heavy atom. The van der Waals surface area contributed by atoms with Gasteiger partial charge in [-0.2, -0.15) is 0 Å². The van der Waals surface area contributed by atoms with Gasteiger partial charge in [-0.1, -0.05) is 289 Å². The first-order chi connectivity index (χ1) is 52.2. The van der Waals surface area contributed by atoms with Crippen molar-refractivity contribution >= 4 is 31.6 Å². The molecule has 8 aromatic heterocycles. The Labute approximate surface area is 623 Å². The SMILES string of the molecule is CC.CC.Cc1c(-c2ccccc2)ncnc1-c1ccccc1.Cc1cc(-c2ccccc2)nc(-c2ccccc2)n1.Cc1nc(-c2ccccc2)nc(-c2ccccc2)n1.Cc1nc(-c2ccccc2)nc(-c2ccccc2)n1.Cc1ncncn1.c1ccc2c(c1)sc1ncncc12.c1cncnc1. The van der Waals surface area contributed by atoms with Crippen LogP contribution in [0, 0.1) is 34.6 Å². The van der Waals surface area contributed by atoms with Crippen molar-refractivity contribution in [3.8, 4) is 90.7 Å². The van der Waals surface area contributed by atoms with Crippen LogP contribution < -0.4 is 0 Å². The van der Waals surface area contributed by atoms with Gasteiger partial charge in [0.2, 0.25) is 0 Å². The highest BCUT2D eigenvalue weighted by atomic mass is 32.1. The molecular weight excluding hydrogens is 1330 g/mol. The predicted octanol–water partition coefficient (Wildman–Crippen LogP) is 20.8. The van der Waals surface area contributed by atoms with E-state index >= 15 is 0 Å². The molecule has 0 bridgehead atoms. The summed E-state index contributed by atoms with van der Waals surface area (Å²) in [6, 6.07) is 92.6. The van der Waals surface area contributed by atoms with Gasteiger partial charge in [0.25, 0.3) is 0 Å². The van der Waals surface area contributed by atoms with Crippen molar-refractivity contribution in [1.82, 2.24) is 84.7 Å². The van der Waals surface area contributed by atoms with E-state index in [9.17, 15) is 0 Å². The Bertz CT molecular complexity index is 4720. The summed E-state index contributed by atoms with van der Waals surface area (Å²) in [4.78, 5) is 72.6. The van der Waals surface area contributed by atoms with Crippen molar-refractivity contribution in [2.24, 2.45) is 0 Å². The summed E-state index contributed by atoms with van der Waals surface area (Å²) in [5, 5.41) is 2.41. The number of benzene rings is 9. The highest BCUT2D eigenvalue weighted by molar-refractivity contribution is 7.25. The zero-order chi connectivity index (χ0) is 74.3. The highest BCUT2D eigenvalue weighted by Gasteiger charge is 2.13. The van der Waals surface area contributed by atoms with E-state index < -0.39 is 0 Å². The van der Waals surface area contributed by atoms with Crippen LogP contribution >= 0.6 is 11.3 Å². The second-order valence-electron chi connectivity index (χ2n) is 22.3. The van der Waals surface area contributed by atoms with E-state index in [1.54, 1.807) is 42.5 Å². The summed E-state index contributed by atoms with van der Waals surface area (Å²) in [6.45, 7) is 17.7. The molecule has 0 aliphatic carbocycles. The van der Waals surface area contributed by atoms with Gasteiger partial charge in [0.05, 0.1) is 17.1 Å². The van der Waals surface area contributed by atoms with Crippen LogP contribution in [0.15, 0.2) is 329 Å². The molecule has 18 heteroatoms. The molecule has 0 saturated carbocycles. The van der Waals surface area contributed by atoms with Crippen LogP contribution in [0.25, 0.3) is 111 Å². The maximum Gasteiger partial charge on any atom is 0.163 e. The smallest absolute Gasteiger partial charge is 0.163 e. The second-order valence-corrected chi connectivity index (χ2v) is 23.4. The molecule has 17 rings (SSSR count). The number of thiophene rings is 1. The number of hydrogen-bond donors (Lipinski definition) is 0. The normalized spacial score (nSPS) is 9.93. The van der Waals surface area contributed by atoms with Gasteiger partial charge in [-0.3, -0.25) is 0 Å². The number of aryl methyl sites for hydroxylation is 4. The lowest BCUT2D eigenvalue weighted by Crippen LogP contribution is -1.99. The number of aromatic nitrogens is 17. The predicted molar refractivity (Wildman–Crippen MR) is 430 cm³/mol. The van der Waals surface area contributed by atoms with E-state index in [2.05, 4.69) is 140 Å². The third-order valence-electron chi connectivity index (χ3n) is 14.9. The fraction of sp³-hybridized carbons (Fsp3) is 0.102. The van der Waals surface area contributed by atoms with Crippen LogP contribution in [0.4, 0.5) is 0 Å². The van der Waals surface area contributed by atoms with Crippen LogP contribution in [0.5, 0.6) is 0 Å². The van der Waals surface area contributed by atoms with Gasteiger partial charge in [0.15, 0.2) is 29.1 Å². The minimum absolute atomic E-state index is 0.715. The molecule has 17 nitrogen and oxygen atoms in total. The lowest BCUT2D eigenvalue weighted by molar-refractivity contribution is 0.974. The standard InChI is InChI=1S/2C17H14N2.2C16H13N3.C10H6N2S.C4H5N3.C4H4N2.2C2H6/c1-13-16(14-8-4-2-5-9-14)18-12-19-17(13)15-10-6-3-7-11-15;1-13-12-16(14-8-4-2-5-9-14)19-17(18-13)15-10-6-3-7-11-15;2*1-12-17-15(13-8-4-2-5-9-13)19-16(18-12)14-10-6-3-7-11-14;1-2-4-9-7(3-1)8-5-11-6-12-10(8)13-9;1-4-6-2-5-3-7-4;1-2-5-4-6-3-1;2*1-2/h2*2-12H,1H3;2*2-11H,1H3;1-6H;2-3H,1H3;1-4H;2*1-2H3. The maximum absolute atomic E-state index is 4.66. The quantitative estimate of drug-likeness (QED) is 0.138. The Hall–Kier alpha value is -13.5. The van der Waals surface area contributed by atoms with Gasteiger partial charge in [-0.25, -0.2) is 84.7 Å². The molecular formula is C88H81N17S. The van der Waals surface area contributed by atoms with E-state index in [0.29, 0.717) is 23.3 Å². The molecule has 0 fully saturated rings. The van der Waals surface area contributed by atoms with E-state index in [0.717, 1.165) is 106 Å². The zero-order valence-electron chi connectivity index (χ0n) is 60.7. The van der Waals surface area contributed by atoms with Gasteiger partial charge >= 0.3 is 0 Å². The van der Waals surface area contributed by atoms with Gasteiger partial charge < -0.3 is 0 Å². The van der Waals surface area contributed by atoms with Gasteiger partial charge in [0.1, 0.15) is 53.9 Å². The third kappa shape index (κ3) is 23.3. The van der Waals surface area contributed by atoms with E-state index in [1.165, 1.54) is 29.1 Å². The molecule has 0 aliphatic heterocycles. The molecule has 0 saturated heterocycles. The first-order valence-electron chi connectivity index (χ1n) is 34.6. The molecule has 0 N–H and O–H groups in total. The molecule has 106 heavy (non-hydrogen) atoms. The summed E-state index contributed by atoms with van der Waals surface area (Å²) in [7, 11) is 0. The molecule has 524 valence electrons. The molecule has 0 amide bonds. The fourth-order valence-corrected chi connectivity index (χ4v) is 11.1.